The number of carbonyl (C=O) groups excluding carboxylic acids is 1. The third-order valence-corrected chi connectivity index (χ3v) is 4.09. The average molecular weight is 349 g/mol. The average Bonchev–Trinajstić information content (AvgIpc) is 3.20. The highest BCUT2D eigenvalue weighted by atomic mass is 35.5. The summed E-state index contributed by atoms with van der Waals surface area (Å²) in [5, 5.41) is 5.48. The van der Waals surface area contributed by atoms with Crippen LogP contribution in [-0.4, -0.2) is 17.0 Å². The van der Waals surface area contributed by atoms with Gasteiger partial charge in [0, 0.05) is 5.38 Å². The van der Waals surface area contributed by atoms with Crippen LogP contribution in [0.3, 0.4) is 0 Å². The molecular weight excluding hydrogens is 336 g/mol. The Labute approximate surface area is 141 Å². The highest BCUT2D eigenvalue weighted by molar-refractivity contribution is 7.14. The molecule has 3 aromatic rings. The highest BCUT2D eigenvalue weighted by Crippen LogP contribution is 2.26. The molecule has 1 unspecified atom stereocenters. The fourth-order valence-corrected chi connectivity index (χ4v) is 2.74. The number of rotatable bonds is 5. The zero-order valence-electron chi connectivity index (χ0n) is 12.2. The van der Waals surface area contributed by atoms with Gasteiger partial charge in [-0.2, -0.15) is 0 Å². The molecule has 1 aromatic carbocycles. The van der Waals surface area contributed by atoms with Crippen molar-refractivity contribution >= 4 is 34.0 Å². The van der Waals surface area contributed by atoms with Crippen molar-refractivity contribution in [3.8, 4) is 17.2 Å². The molecule has 0 spiro atoms. The van der Waals surface area contributed by atoms with Crippen LogP contribution in [0, 0.1) is 0 Å². The fourth-order valence-electron chi connectivity index (χ4n) is 1.86. The molecule has 0 fully saturated rings. The standard InChI is InChI=1S/C16H13ClN2O3S/c1-10(22-13-6-3-2-5-11(13)17)15(20)19-16-18-12(9-23-16)14-7-4-8-21-14/h2-10H,1H3,(H,18,19,20). The van der Waals surface area contributed by atoms with Crippen molar-refractivity contribution in [1.82, 2.24) is 4.98 Å². The second-order valence-electron chi connectivity index (χ2n) is 4.69. The number of aromatic nitrogens is 1. The molecular formula is C16H13ClN2O3S. The minimum absolute atomic E-state index is 0.301. The van der Waals surface area contributed by atoms with Gasteiger partial charge in [-0.15, -0.1) is 11.3 Å². The fraction of sp³-hybridized carbons (Fsp3) is 0.125. The van der Waals surface area contributed by atoms with E-state index in [0.29, 0.717) is 27.4 Å². The number of nitrogens with one attached hydrogen (secondary N) is 1. The quantitative estimate of drug-likeness (QED) is 0.739. The largest absolute Gasteiger partial charge is 0.479 e. The number of para-hydroxylation sites is 1. The summed E-state index contributed by atoms with van der Waals surface area (Å²) in [5.74, 6) is 0.819. The lowest BCUT2D eigenvalue weighted by Crippen LogP contribution is -2.30. The summed E-state index contributed by atoms with van der Waals surface area (Å²) < 4.78 is 10.8. The molecule has 0 aliphatic rings. The maximum absolute atomic E-state index is 12.2. The van der Waals surface area contributed by atoms with Gasteiger partial charge in [0.25, 0.3) is 5.91 Å². The minimum Gasteiger partial charge on any atom is -0.479 e. The molecule has 2 heterocycles. The van der Waals surface area contributed by atoms with E-state index < -0.39 is 6.10 Å². The molecule has 23 heavy (non-hydrogen) atoms. The SMILES string of the molecule is CC(Oc1ccccc1Cl)C(=O)Nc1nc(-c2ccco2)cs1. The maximum atomic E-state index is 12.2. The van der Waals surface area contributed by atoms with Crippen molar-refractivity contribution in [2.75, 3.05) is 5.32 Å². The van der Waals surface area contributed by atoms with Gasteiger partial charge in [-0.3, -0.25) is 10.1 Å². The third-order valence-electron chi connectivity index (χ3n) is 3.02. The van der Waals surface area contributed by atoms with Crippen molar-refractivity contribution in [1.29, 1.82) is 0 Å². The van der Waals surface area contributed by atoms with E-state index in [0.717, 1.165) is 0 Å². The summed E-state index contributed by atoms with van der Waals surface area (Å²) >= 11 is 7.33. The molecule has 5 nitrogen and oxygen atoms in total. The Bertz CT molecular complexity index is 801. The predicted octanol–water partition coefficient (Wildman–Crippen LogP) is 4.46. The number of hydrogen-bond acceptors (Lipinski definition) is 5. The second-order valence-corrected chi connectivity index (χ2v) is 5.96. The van der Waals surface area contributed by atoms with Crippen molar-refractivity contribution < 1.29 is 13.9 Å². The number of ether oxygens (including phenoxy) is 1. The Hall–Kier alpha value is -2.31. The van der Waals surface area contributed by atoms with Gasteiger partial charge in [0.1, 0.15) is 11.4 Å². The summed E-state index contributed by atoms with van der Waals surface area (Å²) in [6.45, 7) is 1.65. The molecule has 0 aliphatic carbocycles. The Balaban J connectivity index is 1.64. The van der Waals surface area contributed by atoms with Crippen LogP contribution >= 0.6 is 22.9 Å². The highest BCUT2D eigenvalue weighted by Gasteiger charge is 2.18. The Morgan fingerprint density at radius 1 is 1.35 bits per heavy atom. The van der Waals surface area contributed by atoms with E-state index in [2.05, 4.69) is 10.3 Å². The number of anilines is 1. The first kappa shape index (κ1) is 15.6. The smallest absolute Gasteiger partial charge is 0.266 e. The number of furan rings is 1. The minimum atomic E-state index is -0.703. The number of carbonyl (C=O) groups is 1. The molecule has 0 bridgehead atoms. The Kier molecular flexibility index (Phi) is 4.64. The molecule has 3 rings (SSSR count). The van der Waals surface area contributed by atoms with Crippen LogP contribution in [0.1, 0.15) is 6.92 Å². The number of halogens is 1. The Morgan fingerprint density at radius 2 is 2.17 bits per heavy atom. The third kappa shape index (κ3) is 3.72. The van der Waals surface area contributed by atoms with Gasteiger partial charge in [0.05, 0.1) is 11.3 Å². The second kappa shape index (κ2) is 6.85. The van der Waals surface area contributed by atoms with Gasteiger partial charge in [-0.1, -0.05) is 23.7 Å². The van der Waals surface area contributed by atoms with E-state index in [9.17, 15) is 4.79 Å². The zero-order valence-corrected chi connectivity index (χ0v) is 13.7. The lowest BCUT2D eigenvalue weighted by molar-refractivity contribution is -0.122. The Morgan fingerprint density at radius 3 is 2.91 bits per heavy atom. The number of thiazole rings is 1. The first-order chi connectivity index (χ1) is 11.1. The van der Waals surface area contributed by atoms with Gasteiger partial charge in [0.2, 0.25) is 0 Å². The molecule has 7 heteroatoms. The molecule has 0 aliphatic heterocycles. The van der Waals surface area contributed by atoms with Crippen LogP contribution in [-0.2, 0) is 4.79 Å². The molecule has 1 amide bonds. The summed E-state index contributed by atoms with van der Waals surface area (Å²) in [4.78, 5) is 16.5. The maximum Gasteiger partial charge on any atom is 0.266 e. The molecule has 1 N–H and O–H groups in total. The monoisotopic (exact) mass is 348 g/mol. The van der Waals surface area contributed by atoms with Crippen LogP contribution in [0.25, 0.3) is 11.5 Å². The van der Waals surface area contributed by atoms with E-state index >= 15 is 0 Å². The molecule has 118 valence electrons. The van der Waals surface area contributed by atoms with E-state index in [1.807, 2.05) is 11.4 Å². The van der Waals surface area contributed by atoms with Gasteiger partial charge in [-0.05, 0) is 31.2 Å². The normalized spacial score (nSPS) is 11.9. The summed E-state index contributed by atoms with van der Waals surface area (Å²) in [7, 11) is 0. The molecule has 1 atom stereocenters. The number of nitrogens with zero attached hydrogens (tertiary/aromatic N) is 1. The van der Waals surface area contributed by atoms with E-state index in [-0.39, 0.29) is 5.91 Å². The number of hydrogen-bond donors (Lipinski definition) is 1. The van der Waals surface area contributed by atoms with E-state index in [1.165, 1.54) is 11.3 Å². The van der Waals surface area contributed by atoms with Gasteiger partial charge < -0.3 is 9.15 Å². The lowest BCUT2D eigenvalue weighted by atomic mass is 10.3. The molecule has 0 saturated heterocycles. The van der Waals surface area contributed by atoms with Crippen LogP contribution in [0.5, 0.6) is 5.75 Å². The summed E-state index contributed by atoms with van der Waals surface area (Å²) in [6, 6.07) is 10.6. The first-order valence-corrected chi connectivity index (χ1v) is 8.10. The van der Waals surface area contributed by atoms with Crippen molar-refractivity contribution in [3.05, 3.63) is 53.1 Å². The van der Waals surface area contributed by atoms with E-state index in [1.54, 1.807) is 43.5 Å². The molecule has 2 aromatic heterocycles. The van der Waals surface area contributed by atoms with Crippen LogP contribution < -0.4 is 10.1 Å². The summed E-state index contributed by atoms with van der Waals surface area (Å²) in [5.41, 5.74) is 0.676. The van der Waals surface area contributed by atoms with E-state index in [4.69, 9.17) is 20.8 Å². The van der Waals surface area contributed by atoms with Crippen LogP contribution in [0.4, 0.5) is 5.13 Å². The molecule has 0 saturated carbocycles. The van der Waals surface area contributed by atoms with Crippen LogP contribution in [0.2, 0.25) is 5.02 Å². The first-order valence-electron chi connectivity index (χ1n) is 6.85. The van der Waals surface area contributed by atoms with Crippen molar-refractivity contribution in [2.45, 2.75) is 13.0 Å². The van der Waals surface area contributed by atoms with Crippen molar-refractivity contribution in [3.63, 3.8) is 0 Å². The lowest BCUT2D eigenvalue weighted by Gasteiger charge is -2.14. The van der Waals surface area contributed by atoms with Crippen molar-refractivity contribution in [2.24, 2.45) is 0 Å². The zero-order chi connectivity index (χ0) is 16.2. The van der Waals surface area contributed by atoms with Gasteiger partial charge >= 0.3 is 0 Å². The number of benzene rings is 1. The van der Waals surface area contributed by atoms with Gasteiger partial charge in [0.15, 0.2) is 17.0 Å². The predicted molar refractivity (Wildman–Crippen MR) is 90.0 cm³/mol. The summed E-state index contributed by atoms with van der Waals surface area (Å²) in [6.07, 6.45) is 0.873. The topological polar surface area (TPSA) is 64.4 Å². The number of amides is 1. The van der Waals surface area contributed by atoms with Crippen LogP contribution in [0.15, 0.2) is 52.5 Å². The molecule has 0 radical (unpaired) electrons. The van der Waals surface area contributed by atoms with Gasteiger partial charge in [-0.25, -0.2) is 4.98 Å².